The minimum absolute atomic E-state index is 0.123. The Morgan fingerprint density at radius 2 is 1.86 bits per heavy atom. The van der Waals surface area contributed by atoms with E-state index in [1.807, 2.05) is 6.07 Å². The van der Waals surface area contributed by atoms with E-state index in [1.54, 1.807) is 11.3 Å². The molecule has 112 valence electrons. The second kappa shape index (κ2) is 8.60. The first-order valence-electron chi connectivity index (χ1n) is 7.35. The molecular weight excluding hydrogens is 280 g/mol. The van der Waals surface area contributed by atoms with Crippen LogP contribution in [0.3, 0.4) is 0 Å². The molecule has 0 saturated heterocycles. The molecule has 0 aliphatic heterocycles. The van der Waals surface area contributed by atoms with Crippen LogP contribution < -0.4 is 11.1 Å². The van der Waals surface area contributed by atoms with Gasteiger partial charge >= 0.3 is 0 Å². The Balaban J connectivity index is 1.66. The van der Waals surface area contributed by atoms with Crippen molar-refractivity contribution in [2.45, 2.75) is 32.2 Å². The van der Waals surface area contributed by atoms with Crippen molar-refractivity contribution in [1.82, 2.24) is 5.32 Å². The van der Waals surface area contributed by atoms with E-state index >= 15 is 0 Å². The molecule has 3 nitrogen and oxygen atoms in total. The summed E-state index contributed by atoms with van der Waals surface area (Å²) in [4.78, 5) is 13.1. The van der Waals surface area contributed by atoms with E-state index in [2.05, 4.69) is 41.0 Å². The zero-order chi connectivity index (χ0) is 14.9. The van der Waals surface area contributed by atoms with Crippen molar-refractivity contribution in [2.75, 3.05) is 6.54 Å². The van der Waals surface area contributed by atoms with Gasteiger partial charge in [-0.3, -0.25) is 4.79 Å². The summed E-state index contributed by atoms with van der Waals surface area (Å²) in [6.07, 6.45) is 3.37. The molecule has 4 heteroatoms. The number of thiophene rings is 1. The third kappa shape index (κ3) is 5.69. The Morgan fingerprint density at radius 3 is 2.52 bits per heavy atom. The fraction of sp³-hybridized carbons (Fsp3) is 0.353. The van der Waals surface area contributed by atoms with Crippen LogP contribution >= 0.6 is 11.3 Å². The van der Waals surface area contributed by atoms with Crippen molar-refractivity contribution >= 4 is 17.2 Å². The first-order chi connectivity index (χ1) is 10.3. The highest BCUT2D eigenvalue weighted by Crippen LogP contribution is 2.12. The van der Waals surface area contributed by atoms with Crippen LogP contribution in [0.5, 0.6) is 0 Å². The third-order valence-corrected chi connectivity index (χ3v) is 4.29. The molecule has 3 N–H and O–H groups in total. The fourth-order valence-electron chi connectivity index (χ4n) is 2.16. The largest absolute Gasteiger partial charge is 0.352 e. The molecule has 1 aromatic heterocycles. The van der Waals surface area contributed by atoms with Gasteiger partial charge in [0.25, 0.3) is 0 Å². The number of hydrogen-bond acceptors (Lipinski definition) is 3. The summed E-state index contributed by atoms with van der Waals surface area (Å²) >= 11 is 1.75. The van der Waals surface area contributed by atoms with Gasteiger partial charge in [0.15, 0.2) is 0 Å². The standard InChI is InChI=1S/C17H22N2OS/c18-11-10-14-6-8-15(9-7-14)13-19-17(20)5-1-3-16-4-2-12-21-16/h2,4,6-9,12H,1,3,5,10-11,13,18H2,(H,19,20). The van der Waals surface area contributed by atoms with Crippen LogP contribution in [-0.2, 0) is 24.2 Å². The van der Waals surface area contributed by atoms with Gasteiger partial charge in [-0.1, -0.05) is 30.3 Å². The lowest BCUT2D eigenvalue weighted by Crippen LogP contribution is -2.22. The summed E-state index contributed by atoms with van der Waals surface area (Å²) in [5.41, 5.74) is 7.89. The number of hydrogen-bond donors (Lipinski definition) is 2. The summed E-state index contributed by atoms with van der Waals surface area (Å²) in [5, 5.41) is 5.04. The molecule has 21 heavy (non-hydrogen) atoms. The molecule has 2 rings (SSSR count). The van der Waals surface area contributed by atoms with E-state index in [0.717, 1.165) is 24.8 Å². The Bertz CT molecular complexity index is 534. The van der Waals surface area contributed by atoms with E-state index in [-0.39, 0.29) is 5.91 Å². The molecule has 1 heterocycles. The topological polar surface area (TPSA) is 55.1 Å². The lowest BCUT2D eigenvalue weighted by Gasteiger charge is -2.06. The molecule has 0 aliphatic carbocycles. The lowest BCUT2D eigenvalue weighted by atomic mass is 10.1. The number of benzene rings is 1. The van der Waals surface area contributed by atoms with Crippen molar-refractivity contribution in [2.24, 2.45) is 5.73 Å². The molecule has 0 spiro atoms. The van der Waals surface area contributed by atoms with Gasteiger partial charge in [-0.15, -0.1) is 11.3 Å². The number of nitrogens with one attached hydrogen (secondary N) is 1. The molecule has 0 atom stereocenters. The summed E-state index contributed by atoms with van der Waals surface area (Å²) in [6, 6.07) is 12.4. The molecular formula is C17H22N2OS. The monoisotopic (exact) mass is 302 g/mol. The average Bonchev–Trinajstić information content (AvgIpc) is 3.00. The smallest absolute Gasteiger partial charge is 0.220 e. The minimum Gasteiger partial charge on any atom is -0.352 e. The van der Waals surface area contributed by atoms with Crippen LogP contribution in [0.25, 0.3) is 0 Å². The summed E-state index contributed by atoms with van der Waals surface area (Å²) in [7, 11) is 0. The highest BCUT2D eigenvalue weighted by molar-refractivity contribution is 7.09. The van der Waals surface area contributed by atoms with Crippen LogP contribution in [0.4, 0.5) is 0 Å². The average molecular weight is 302 g/mol. The van der Waals surface area contributed by atoms with Gasteiger partial charge in [0.1, 0.15) is 0 Å². The number of amides is 1. The Kier molecular flexibility index (Phi) is 6.44. The highest BCUT2D eigenvalue weighted by atomic mass is 32.1. The molecule has 2 aromatic rings. The maximum atomic E-state index is 11.8. The lowest BCUT2D eigenvalue weighted by molar-refractivity contribution is -0.121. The van der Waals surface area contributed by atoms with Crippen LogP contribution in [0.15, 0.2) is 41.8 Å². The first kappa shape index (κ1) is 15.7. The molecule has 0 bridgehead atoms. The van der Waals surface area contributed by atoms with E-state index in [4.69, 9.17) is 5.73 Å². The fourth-order valence-corrected chi connectivity index (χ4v) is 2.91. The maximum Gasteiger partial charge on any atom is 0.220 e. The normalized spacial score (nSPS) is 10.5. The van der Waals surface area contributed by atoms with Crippen molar-refractivity contribution in [3.63, 3.8) is 0 Å². The van der Waals surface area contributed by atoms with Gasteiger partial charge < -0.3 is 11.1 Å². The van der Waals surface area contributed by atoms with Crippen LogP contribution in [0.1, 0.15) is 28.8 Å². The van der Waals surface area contributed by atoms with Crippen molar-refractivity contribution in [1.29, 1.82) is 0 Å². The second-order valence-electron chi connectivity index (χ2n) is 5.06. The number of carbonyl (C=O) groups excluding carboxylic acids is 1. The minimum atomic E-state index is 0.123. The van der Waals surface area contributed by atoms with Gasteiger partial charge in [-0.05, 0) is 48.4 Å². The van der Waals surface area contributed by atoms with Gasteiger partial charge in [-0.2, -0.15) is 0 Å². The van der Waals surface area contributed by atoms with E-state index in [0.29, 0.717) is 19.5 Å². The predicted octanol–water partition coefficient (Wildman–Crippen LogP) is 2.89. The molecule has 1 aromatic carbocycles. The van der Waals surface area contributed by atoms with Crippen molar-refractivity contribution in [3.05, 3.63) is 57.8 Å². The zero-order valence-electron chi connectivity index (χ0n) is 12.2. The summed E-state index contributed by atoms with van der Waals surface area (Å²) < 4.78 is 0. The van der Waals surface area contributed by atoms with Crippen LogP contribution in [0, 0.1) is 0 Å². The molecule has 0 saturated carbocycles. The number of rotatable bonds is 8. The molecule has 0 fully saturated rings. The van der Waals surface area contributed by atoms with E-state index in [9.17, 15) is 4.79 Å². The first-order valence-corrected chi connectivity index (χ1v) is 8.23. The Morgan fingerprint density at radius 1 is 1.10 bits per heavy atom. The Labute approximate surface area is 130 Å². The van der Waals surface area contributed by atoms with Gasteiger partial charge in [0, 0.05) is 17.8 Å². The van der Waals surface area contributed by atoms with Gasteiger partial charge in [0.05, 0.1) is 0 Å². The molecule has 0 aliphatic rings. The zero-order valence-corrected chi connectivity index (χ0v) is 13.0. The van der Waals surface area contributed by atoms with Crippen LogP contribution in [-0.4, -0.2) is 12.5 Å². The quantitative estimate of drug-likeness (QED) is 0.788. The van der Waals surface area contributed by atoms with Crippen LogP contribution in [0.2, 0.25) is 0 Å². The SMILES string of the molecule is NCCc1ccc(CNC(=O)CCCc2cccs2)cc1. The van der Waals surface area contributed by atoms with E-state index in [1.165, 1.54) is 10.4 Å². The Hall–Kier alpha value is -1.65. The number of aryl methyl sites for hydroxylation is 1. The summed E-state index contributed by atoms with van der Waals surface area (Å²) in [5.74, 6) is 0.123. The van der Waals surface area contributed by atoms with Crippen molar-refractivity contribution < 1.29 is 4.79 Å². The molecule has 0 radical (unpaired) electrons. The van der Waals surface area contributed by atoms with Gasteiger partial charge in [-0.25, -0.2) is 0 Å². The van der Waals surface area contributed by atoms with E-state index < -0.39 is 0 Å². The molecule has 0 unspecified atom stereocenters. The van der Waals surface area contributed by atoms with Gasteiger partial charge in [0.2, 0.25) is 5.91 Å². The number of nitrogens with two attached hydrogens (primary N) is 1. The third-order valence-electron chi connectivity index (χ3n) is 3.35. The number of carbonyl (C=O) groups is 1. The molecule has 1 amide bonds. The predicted molar refractivity (Wildman–Crippen MR) is 88.3 cm³/mol. The highest BCUT2D eigenvalue weighted by Gasteiger charge is 2.02. The maximum absolute atomic E-state index is 11.8. The second-order valence-corrected chi connectivity index (χ2v) is 6.10. The summed E-state index contributed by atoms with van der Waals surface area (Å²) in [6.45, 7) is 1.26. The van der Waals surface area contributed by atoms with Crippen molar-refractivity contribution in [3.8, 4) is 0 Å².